The van der Waals surface area contributed by atoms with Gasteiger partial charge in [0.05, 0.1) is 16.2 Å². The van der Waals surface area contributed by atoms with Gasteiger partial charge in [0, 0.05) is 38.1 Å². The average Bonchev–Trinajstić information content (AvgIpc) is 3.19. The van der Waals surface area contributed by atoms with Gasteiger partial charge in [-0.05, 0) is 19.1 Å². The SMILES string of the molecule is Cc1nc(CN2CCN(C(=O)Cn3c(=O)oc4ccccc43)CC2)cs1. The fourth-order valence-electron chi connectivity index (χ4n) is 3.26. The van der Waals surface area contributed by atoms with E-state index < -0.39 is 5.76 Å². The molecule has 2 aromatic heterocycles. The summed E-state index contributed by atoms with van der Waals surface area (Å²) in [6.07, 6.45) is 0. The van der Waals surface area contributed by atoms with Crippen molar-refractivity contribution in [3.05, 3.63) is 50.9 Å². The molecule has 3 aromatic rings. The fourth-order valence-corrected chi connectivity index (χ4v) is 3.87. The molecule has 1 aliphatic heterocycles. The molecule has 0 radical (unpaired) electrons. The molecule has 1 saturated heterocycles. The van der Waals surface area contributed by atoms with Crippen LogP contribution in [0.25, 0.3) is 11.1 Å². The summed E-state index contributed by atoms with van der Waals surface area (Å²) in [5, 5.41) is 3.16. The normalized spacial score (nSPS) is 15.7. The molecule has 0 saturated carbocycles. The summed E-state index contributed by atoms with van der Waals surface area (Å²) < 4.78 is 6.60. The van der Waals surface area contributed by atoms with E-state index >= 15 is 0 Å². The highest BCUT2D eigenvalue weighted by atomic mass is 32.1. The number of amides is 1. The predicted octanol–water partition coefficient (Wildman–Crippen LogP) is 1.70. The van der Waals surface area contributed by atoms with Gasteiger partial charge in [0.15, 0.2) is 5.58 Å². The number of benzene rings is 1. The lowest BCUT2D eigenvalue weighted by Gasteiger charge is -2.34. The van der Waals surface area contributed by atoms with Gasteiger partial charge in [-0.3, -0.25) is 14.3 Å². The molecule has 8 heteroatoms. The van der Waals surface area contributed by atoms with E-state index in [2.05, 4.69) is 15.3 Å². The molecule has 0 spiro atoms. The number of rotatable bonds is 4. The van der Waals surface area contributed by atoms with Crippen LogP contribution in [0, 0.1) is 6.92 Å². The summed E-state index contributed by atoms with van der Waals surface area (Å²) in [4.78, 5) is 33.3. The lowest BCUT2D eigenvalue weighted by molar-refractivity contribution is -0.133. The predicted molar refractivity (Wildman–Crippen MR) is 99.2 cm³/mol. The highest BCUT2D eigenvalue weighted by molar-refractivity contribution is 7.09. The van der Waals surface area contributed by atoms with Crippen LogP contribution >= 0.6 is 11.3 Å². The van der Waals surface area contributed by atoms with Crippen molar-refractivity contribution >= 4 is 28.3 Å². The van der Waals surface area contributed by atoms with Crippen molar-refractivity contribution in [2.75, 3.05) is 26.2 Å². The van der Waals surface area contributed by atoms with E-state index in [0.717, 1.165) is 30.3 Å². The van der Waals surface area contributed by atoms with Crippen LogP contribution in [0.15, 0.2) is 38.9 Å². The number of piperazine rings is 1. The number of carbonyl (C=O) groups excluding carboxylic acids is 1. The number of hydrogen-bond acceptors (Lipinski definition) is 6. The Labute approximate surface area is 154 Å². The molecule has 0 aliphatic carbocycles. The largest absolute Gasteiger partial charge is 0.420 e. The number of aryl methyl sites for hydroxylation is 1. The summed E-state index contributed by atoms with van der Waals surface area (Å²) in [5.74, 6) is -0.542. The number of thiazole rings is 1. The van der Waals surface area contributed by atoms with Crippen molar-refractivity contribution in [1.29, 1.82) is 0 Å². The third-order valence-corrected chi connectivity index (χ3v) is 5.47. The molecule has 4 rings (SSSR count). The zero-order valence-electron chi connectivity index (χ0n) is 14.6. The Balaban J connectivity index is 1.37. The van der Waals surface area contributed by atoms with Gasteiger partial charge in [0.1, 0.15) is 6.54 Å². The Bertz CT molecular complexity index is 982. The van der Waals surface area contributed by atoms with Crippen molar-refractivity contribution in [3.8, 4) is 0 Å². The molecule has 1 amide bonds. The fraction of sp³-hybridized carbons (Fsp3) is 0.389. The quantitative estimate of drug-likeness (QED) is 0.697. The molecular formula is C18H20N4O3S. The van der Waals surface area contributed by atoms with Crippen molar-refractivity contribution in [2.24, 2.45) is 0 Å². The van der Waals surface area contributed by atoms with Gasteiger partial charge in [-0.25, -0.2) is 9.78 Å². The van der Waals surface area contributed by atoms with E-state index in [1.54, 1.807) is 29.5 Å². The first-order valence-electron chi connectivity index (χ1n) is 8.59. The van der Waals surface area contributed by atoms with Crippen LogP contribution in [0.3, 0.4) is 0 Å². The molecule has 136 valence electrons. The Kier molecular flexibility index (Phi) is 4.60. The zero-order chi connectivity index (χ0) is 18.1. The number of nitrogens with zero attached hydrogens (tertiary/aromatic N) is 4. The minimum Gasteiger partial charge on any atom is -0.408 e. The molecule has 7 nitrogen and oxygen atoms in total. The van der Waals surface area contributed by atoms with Gasteiger partial charge in [0.2, 0.25) is 5.91 Å². The number of oxazole rings is 1. The third-order valence-electron chi connectivity index (χ3n) is 4.64. The van der Waals surface area contributed by atoms with E-state index in [0.29, 0.717) is 24.2 Å². The standard InChI is InChI=1S/C18H20N4O3S/c1-13-19-14(12-26-13)10-20-6-8-21(9-7-20)17(23)11-22-15-4-2-3-5-16(15)25-18(22)24/h2-5,12H,6-11H2,1H3. The smallest absolute Gasteiger partial charge is 0.408 e. The van der Waals surface area contributed by atoms with Crippen molar-refractivity contribution in [2.45, 2.75) is 20.0 Å². The summed E-state index contributed by atoms with van der Waals surface area (Å²) >= 11 is 1.66. The average molecular weight is 372 g/mol. The van der Waals surface area contributed by atoms with Crippen LogP contribution in [0.1, 0.15) is 10.7 Å². The molecular weight excluding hydrogens is 352 g/mol. The highest BCUT2D eigenvalue weighted by Gasteiger charge is 2.23. The molecule has 1 fully saturated rings. The molecule has 1 aliphatic rings. The Morgan fingerprint density at radius 3 is 2.73 bits per heavy atom. The second-order valence-corrected chi connectivity index (χ2v) is 7.50. The summed E-state index contributed by atoms with van der Waals surface area (Å²) in [7, 11) is 0. The molecule has 0 N–H and O–H groups in total. The summed E-state index contributed by atoms with van der Waals surface area (Å²) in [6.45, 7) is 5.78. The molecule has 26 heavy (non-hydrogen) atoms. The molecule has 0 unspecified atom stereocenters. The van der Waals surface area contributed by atoms with E-state index in [9.17, 15) is 9.59 Å². The maximum absolute atomic E-state index is 12.6. The Morgan fingerprint density at radius 2 is 2.00 bits per heavy atom. The highest BCUT2D eigenvalue weighted by Crippen LogP contribution is 2.14. The second kappa shape index (κ2) is 7.05. The molecule has 0 bridgehead atoms. The Morgan fingerprint density at radius 1 is 1.23 bits per heavy atom. The van der Waals surface area contributed by atoms with Gasteiger partial charge in [-0.1, -0.05) is 12.1 Å². The van der Waals surface area contributed by atoms with Gasteiger partial charge < -0.3 is 9.32 Å². The van der Waals surface area contributed by atoms with E-state index in [-0.39, 0.29) is 12.5 Å². The van der Waals surface area contributed by atoms with Gasteiger partial charge in [0.25, 0.3) is 0 Å². The summed E-state index contributed by atoms with van der Waals surface area (Å²) in [6, 6.07) is 7.16. The van der Waals surface area contributed by atoms with Crippen LogP contribution in [0.5, 0.6) is 0 Å². The first-order valence-corrected chi connectivity index (χ1v) is 9.47. The van der Waals surface area contributed by atoms with Crippen molar-refractivity contribution in [1.82, 2.24) is 19.4 Å². The van der Waals surface area contributed by atoms with E-state index in [1.165, 1.54) is 4.57 Å². The topological polar surface area (TPSA) is 71.6 Å². The number of carbonyl (C=O) groups is 1. The minimum atomic E-state index is -0.489. The lowest BCUT2D eigenvalue weighted by atomic mass is 10.3. The Hall–Kier alpha value is -2.45. The van der Waals surface area contributed by atoms with Crippen molar-refractivity contribution in [3.63, 3.8) is 0 Å². The minimum absolute atomic E-state index is 0.0150. The van der Waals surface area contributed by atoms with Gasteiger partial charge in [-0.2, -0.15) is 0 Å². The number of hydrogen-bond donors (Lipinski definition) is 0. The van der Waals surface area contributed by atoms with E-state index in [4.69, 9.17) is 4.42 Å². The second-order valence-electron chi connectivity index (χ2n) is 6.44. The summed E-state index contributed by atoms with van der Waals surface area (Å²) in [5.41, 5.74) is 2.25. The van der Waals surface area contributed by atoms with Crippen LogP contribution in [-0.2, 0) is 17.9 Å². The van der Waals surface area contributed by atoms with Crippen molar-refractivity contribution < 1.29 is 9.21 Å². The van der Waals surface area contributed by atoms with E-state index in [1.807, 2.05) is 17.9 Å². The number of fused-ring (bicyclic) bond motifs is 1. The van der Waals surface area contributed by atoms with Crippen LogP contribution in [0.2, 0.25) is 0 Å². The number of aromatic nitrogens is 2. The molecule has 0 atom stereocenters. The first kappa shape index (κ1) is 17.0. The maximum atomic E-state index is 12.6. The van der Waals surface area contributed by atoms with Crippen LogP contribution in [0.4, 0.5) is 0 Å². The maximum Gasteiger partial charge on any atom is 0.420 e. The molecule has 1 aromatic carbocycles. The van der Waals surface area contributed by atoms with Crippen LogP contribution < -0.4 is 5.76 Å². The van der Waals surface area contributed by atoms with Gasteiger partial charge >= 0.3 is 5.76 Å². The first-order chi connectivity index (χ1) is 12.6. The lowest BCUT2D eigenvalue weighted by Crippen LogP contribution is -2.49. The monoisotopic (exact) mass is 372 g/mol. The number of para-hydroxylation sites is 2. The molecule has 3 heterocycles. The van der Waals surface area contributed by atoms with Crippen LogP contribution in [-0.4, -0.2) is 51.4 Å². The zero-order valence-corrected chi connectivity index (χ0v) is 15.4. The third kappa shape index (κ3) is 3.42. The van der Waals surface area contributed by atoms with Gasteiger partial charge in [-0.15, -0.1) is 11.3 Å².